The van der Waals surface area contributed by atoms with Gasteiger partial charge in [-0.15, -0.1) is 20.4 Å². The van der Waals surface area contributed by atoms with Crippen LogP contribution in [0.4, 0.5) is 10.3 Å². The third kappa shape index (κ3) is 4.15. The van der Waals surface area contributed by atoms with Crippen LogP contribution in [-0.4, -0.2) is 34.7 Å². The predicted molar refractivity (Wildman–Crippen MR) is 95.0 cm³/mol. The molecule has 0 spiro atoms. The minimum atomic E-state index is -3.95. The highest BCUT2D eigenvalue weighted by atomic mass is 32.2. The summed E-state index contributed by atoms with van der Waals surface area (Å²) in [7, 11) is -3.95. The Labute approximate surface area is 151 Å². The highest BCUT2D eigenvalue weighted by molar-refractivity contribution is 7.94. The lowest BCUT2D eigenvalue weighted by molar-refractivity contribution is -0.115. The molecular formula is C13H12N6O3S3. The molecular weight excluding hydrogens is 384 g/mol. The highest BCUT2D eigenvalue weighted by Crippen LogP contribution is 2.28. The summed E-state index contributed by atoms with van der Waals surface area (Å²) in [5.41, 5.74) is 0.839. The molecule has 0 aliphatic carbocycles. The van der Waals surface area contributed by atoms with Crippen LogP contribution in [0.2, 0.25) is 0 Å². The first kappa shape index (κ1) is 17.4. The number of aromatic nitrogens is 4. The third-order valence-corrected chi connectivity index (χ3v) is 6.43. The first-order valence-electron chi connectivity index (χ1n) is 7.03. The largest absolute Gasteiger partial charge is 0.301 e. The Morgan fingerprint density at radius 1 is 1.04 bits per heavy atom. The van der Waals surface area contributed by atoms with E-state index in [4.69, 9.17) is 0 Å². The maximum absolute atomic E-state index is 12.3. The summed E-state index contributed by atoms with van der Waals surface area (Å²) in [4.78, 5) is 11.3. The maximum Gasteiger partial charge on any atom is 0.293 e. The molecule has 130 valence electrons. The number of hydrogen-bond donors (Lipinski definition) is 2. The van der Waals surface area contributed by atoms with Crippen molar-refractivity contribution in [2.75, 3.05) is 10.0 Å². The maximum atomic E-state index is 12.3. The summed E-state index contributed by atoms with van der Waals surface area (Å²) in [6, 6.07) is 9.29. The zero-order valence-electron chi connectivity index (χ0n) is 12.8. The molecule has 0 atom stereocenters. The Balaban J connectivity index is 1.76. The van der Waals surface area contributed by atoms with Crippen molar-refractivity contribution in [2.45, 2.75) is 17.7 Å². The lowest BCUT2D eigenvalue weighted by atomic mass is 10.2. The summed E-state index contributed by atoms with van der Waals surface area (Å²) in [5.74, 6) is -0.273. The zero-order chi connectivity index (χ0) is 17.9. The van der Waals surface area contributed by atoms with Crippen molar-refractivity contribution in [2.24, 2.45) is 0 Å². The van der Waals surface area contributed by atoms with Crippen molar-refractivity contribution in [1.82, 2.24) is 20.4 Å². The van der Waals surface area contributed by atoms with Crippen molar-refractivity contribution >= 4 is 48.9 Å². The van der Waals surface area contributed by atoms with E-state index in [0.29, 0.717) is 5.01 Å². The van der Waals surface area contributed by atoms with Crippen LogP contribution in [0, 0.1) is 0 Å². The summed E-state index contributed by atoms with van der Waals surface area (Å²) in [6.45, 7) is 1.68. The number of rotatable bonds is 6. The Bertz CT molecular complexity index is 983. The molecule has 0 unspecified atom stereocenters. The van der Waals surface area contributed by atoms with Gasteiger partial charge in [0.1, 0.15) is 5.01 Å². The molecule has 0 radical (unpaired) electrons. The second-order valence-corrected chi connectivity index (χ2v) is 8.47. The van der Waals surface area contributed by atoms with Crippen molar-refractivity contribution < 1.29 is 13.2 Å². The van der Waals surface area contributed by atoms with E-state index in [2.05, 4.69) is 30.4 Å². The molecule has 2 N–H and O–H groups in total. The zero-order valence-corrected chi connectivity index (χ0v) is 15.3. The molecule has 1 aromatic carbocycles. The van der Waals surface area contributed by atoms with Crippen LogP contribution in [-0.2, 0) is 14.8 Å². The second-order valence-electron chi connectivity index (χ2n) is 4.66. The number of carbonyl (C=O) groups excluding carboxylic acids is 1. The number of nitrogens with one attached hydrogen (secondary N) is 2. The Morgan fingerprint density at radius 2 is 1.76 bits per heavy atom. The van der Waals surface area contributed by atoms with E-state index in [0.717, 1.165) is 28.2 Å². The van der Waals surface area contributed by atoms with Crippen LogP contribution in [0.5, 0.6) is 0 Å². The van der Waals surface area contributed by atoms with Gasteiger partial charge in [0.25, 0.3) is 14.4 Å². The molecule has 0 aliphatic heterocycles. The molecule has 0 bridgehead atoms. The van der Waals surface area contributed by atoms with Crippen LogP contribution in [0.1, 0.15) is 13.3 Å². The van der Waals surface area contributed by atoms with Gasteiger partial charge in [0.05, 0.1) is 0 Å². The van der Waals surface area contributed by atoms with E-state index in [9.17, 15) is 13.2 Å². The van der Waals surface area contributed by atoms with Gasteiger partial charge in [0.2, 0.25) is 16.2 Å². The van der Waals surface area contributed by atoms with E-state index in [1.165, 1.54) is 0 Å². The first-order chi connectivity index (χ1) is 12.0. The fourth-order valence-electron chi connectivity index (χ4n) is 1.70. The lowest BCUT2D eigenvalue weighted by Crippen LogP contribution is -2.12. The number of anilines is 2. The second kappa shape index (κ2) is 7.21. The van der Waals surface area contributed by atoms with Gasteiger partial charge >= 0.3 is 0 Å². The van der Waals surface area contributed by atoms with Gasteiger partial charge in [-0.05, 0) is 0 Å². The molecule has 3 aromatic rings. The monoisotopic (exact) mass is 396 g/mol. The number of carbonyl (C=O) groups is 1. The van der Waals surface area contributed by atoms with Gasteiger partial charge in [-0.25, -0.2) is 0 Å². The van der Waals surface area contributed by atoms with Gasteiger partial charge < -0.3 is 5.32 Å². The molecule has 9 nitrogen and oxygen atoms in total. The third-order valence-electron chi connectivity index (χ3n) is 2.87. The molecule has 0 fully saturated rings. The predicted octanol–water partition coefficient (Wildman–Crippen LogP) is 2.21. The number of sulfonamides is 1. The minimum Gasteiger partial charge on any atom is -0.301 e. The SMILES string of the molecule is CCC(=O)Nc1nnc(S(=O)(=O)Nc2nnc(-c3ccccc3)s2)s1. The van der Waals surface area contributed by atoms with Crippen LogP contribution >= 0.6 is 22.7 Å². The Morgan fingerprint density at radius 3 is 2.48 bits per heavy atom. The lowest BCUT2D eigenvalue weighted by Gasteiger charge is -1.99. The molecule has 1 amide bonds. The average Bonchev–Trinajstić information content (AvgIpc) is 3.25. The van der Waals surface area contributed by atoms with Gasteiger partial charge in [0, 0.05) is 12.0 Å². The van der Waals surface area contributed by atoms with E-state index < -0.39 is 10.0 Å². The normalized spacial score (nSPS) is 11.2. The summed E-state index contributed by atoms with van der Waals surface area (Å²) in [5, 5.41) is 18.3. The van der Waals surface area contributed by atoms with Crippen LogP contribution in [0.25, 0.3) is 10.6 Å². The van der Waals surface area contributed by atoms with Gasteiger partial charge in [0.15, 0.2) is 0 Å². The van der Waals surface area contributed by atoms with Gasteiger partial charge in [-0.3, -0.25) is 9.52 Å². The number of amides is 1. The number of nitrogens with zero attached hydrogens (tertiary/aromatic N) is 4. The van der Waals surface area contributed by atoms with Gasteiger partial charge in [-0.2, -0.15) is 8.42 Å². The minimum absolute atomic E-state index is 0.119. The van der Waals surface area contributed by atoms with E-state index in [1.54, 1.807) is 6.92 Å². The van der Waals surface area contributed by atoms with E-state index >= 15 is 0 Å². The topological polar surface area (TPSA) is 127 Å². The fraction of sp³-hybridized carbons (Fsp3) is 0.154. The molecule has 12 heteroatoms. The molecule has 25 heavy (non-hydrogen) atoms. The first-order valence-corrected chi connectivity index (χ1v) is 10.1. The Hall–Kier alpha value is -2.44. The van der Waals surface area contributed by atoms with Gasteiger partial charge in [-0.1, -0.05) is 59.9 Å². The van der Waals surface area contributed by atoms with Crippen LogP contribution < -0.4 is 10.0 Å². The van der Waals surface area contributed by atoms with E-state index in [1.807, 2.05) is 30.3 Å². The number of hydrogen-bond acceptors (Lipinski definition) is 9. The van der Waals surface area contributed by atoms with Crippen molar-refractivity contribution in [3.8, 4) is 10.6 Å². The fourth-order valence-corrected chi connectivity index (χ4v) is 4.59. The molecule has 0 saturated carbocycles. The van der Waals surface area contributed by atoms with Crippen LogP contribution in [0.15, 0.2) is 34.7 Å². The summed E-state index contributed by atoms with van der Waals surface area (Å²) in [6.07, 6.45) is 0.257. The quantitative estimate of drug-likeness (QED) is 0.612. The average molecular weight is 396 g/mol. The smallest absolute Gasteiger partial charge is 0.293 e. The van der Waals surface area contributed by atoms with E-state index in [-0.39, 0.29) is 26.9 Å². The van der Waals surface area contributed by atoms with Crippen molar-refractivity contribution in [1.29, 1.82) is 0 Å². The summed E-state index contributed by atoms with van der Waals surface area (Å²) >= 11 is 1.86. The molecule has 0 saturated heterocycles. The standard InChI is InChI=1S/C13H12N6O3S3/c1-2-9(20)14-11-16-18-13(24-11)25(21,22)19-12-17-15-10(23-12)8-6-4-3-5-7-8/h3-7H,2H2,1H3,(H,17,19)(H,14,16,20). The molecule has 2 heterocycles. The van der Waals surface area contributed by atoms with Crippen molar-refractivity contribution in [3.05, 3.63) is 30.3 Å². The highest BCUT2D eigenvalue weighted by Gasteiger charge is 2.23. The number of benzene rings is 1. The van der Waals surface area contributed by atoms with Crippen LogP contribution in [0.3, 0.4) is 0 Å². The van der Waals surface area contributed by atoms with Crippen molar-refractivity contribution in [3.63, 3.8) is 0 Å². The molecule has 2 aromatic heterocycles. The Kier molecular flexibility index (Phi) is 5.01. The molecule has 3 rings (SSSR count). The summed E-state index contributed by atoms with van der Waals surface area (Å²) < 4.78 is 26.7. The molecule has 0 aliphatic rings.